The predicted octanol–water partition coefficient (Wildman–Crippen LogP) is 2.84. The zero-order valence-electron chi connectivity index (χ0n) is 10.5. The van der Waals surface area contributed by atoms with E-state index in [0.29, 0.717) is 39.0 Å². The van der Waals surface area contributed by atoms with E-state index in [9.17, 15) is 4.79 Å². The molecule has 0 aliphatic rings. The Morgan fingerprint density at radius 1 is 1.33 bits per heavy atom. The summed E-state index contributed by atoms with van der Waals surface area (Å²) in [4.78, 5) is 15.0. The van der Waals surface area contributed by atoms with Gasteiger partial charge in [0.05, 0.1) is 21.8 Å². The van der Waals surface area contributed by atoms with Gasteiger partial charge >= 0.3 is 5.97 Å². The minimum Gasteiger partial charge on any atom is -0.475 e. The molecule has 0 aliphatic carbocycles. The number of aromatic nitrogens is 5. The van der Waals surface area contributed by atoms with Crippen LogP contribution in [0.5, 0.6) is 0 Å². The van der Waals surface area contributed by atoms with Crippen molar-refractivity contribution in [1.29, 1.82) is 0 Å². The molecule has 10 heteroatoms. The molecule has 0 saturated carbocycles. The number of fused-ring (bicyclic) bond motifs is 1. The highest BCUT2D eigenvalue weighted by Gasteiger charge is 2.21. The van der Waals surface area contributed by atoms with Crippen LogP contribution in [-0.4, -0.2) is 34.6 Å². The van der Waals surface area contributed by atoms with E-state index in [1.807, 2.05) is 6.92 Å². The summed E-state index contributed by atoms with van der Waals surface area (Å²) >= 11 is 13.3. The van der Waals surface area contributed by atoms with Gasteiger partial charge < -0.3 is 5.11 Å². The Hall–Kier alpha value is -1.77. The topological polar surface area (TPSA) is 93.8 Å². The Balaban J connectivity index is 2.35. The van der Waals surface area contributed by atoms with Crippen molar-refractivity contribution >= 4 is 51.9 Å². The lowest BCUT2D eigenvalue weighted by molar-refractivity contribution is 0.0683. The number of halogens is 2. The average molecular weight is 344 g/mol. The molecule has 2 aromatic heterocycles. The van der Waals surface area contributed by atoms with Crippen molar-refractivity contribution in [3.05, 3.63) is 27.8 Å². The van der Waals surface area contributed by atoms with Gasteiger partial charge in [0.25, 0.3) is 5.82 Å². The lowest BCUT2D eigenvalue weighted by Gasteiger charge is -2.07. The first-order chi connectivity index (χ1) is 10.0. The Bertz CT molecular complexity index is 860. The van der Waals surface area contributed by atoms with Crippen LogP contribution in [0.25, 0.3) is 16.7 Å². The normalized spacial score (nSPS) is 11.2. The molecule has 108 valence electrons. The van der Waals surface area contributed by atoms with Gasteiger partial charge in [-0.3, -0.25) is 0 Å². The van der Waals surface area contributed by atoms with Gasteiger partial charge in [0.2, 0.25) is 0 Å². The van der Waals surface area contributed by atoms with Gasteiger partial charge in [-0.25, -0.2) is 14.5 Å². The predicted molar refractivity (Wildman–Crippen MR) is 78.7 cm³/mol. The summed E-state index contributed by atoms with van der Waals surface area (Å²) in [7, 11) is 0. The maximum Gasteiger partial charge on any atom is 0.375 e. The fourth-order valence-corrected chi connectivity index (χ4v) is 3.09. The fourth-order valence-electron chi connectivity index (χ4n) is 1.91. The standard InChI is InChI=1S/C11H7Cl2N5O2S/c1-2-6-14-10(11(19)20)15-18(6)9-5(13)3-4(12)7-8(9)17-21-16-7/h3H,2H2,1H3,(H,19,20). The molecule has 0 unspecified atom stereocenters. The molecular weight excluding hydrogens is 337 g/mol. The first-order valence-electron chi connectivity index (χ1n) is 5.82. The first-order valence-corrected chi connectivity index (χ1v) is 7.31. The number of carboxylic acid groups (broad SMARTS) is 1. The van der Waals surface area contributed by atoms with Gasteiger partial charge in [-0.2, -0.15) is 8.75 Å². The van der Waals surface area contributed by atoms with Crippen molar-refractivity contribution in [2.45, 2.75) is 13.3 Å². The molecule has 7 nitrogen and oxygen atoms in total. The van der Waals surface area contributed by atoms with Crippen molar-refractivity contribution in [3.8, 4) is 5.69 Å². The average Bonchev–Trinajstić information content (AvgIpc) is 3.05. The van der Waals surface area contributed by atoms with Crippen molar-refractivity contribution in [1.82, 2.24) is 23.5 Å². The minimum atomic E-state index is -1.21. The first kappa shape index (κ1) is 14.2. The van der Waals surface area contributed by atoms with Gasteiger partial charge in [0.1, 0.15) is 22.5 Å². The Kier molecular flexibility index (Phi) is 3.52. The third kappa shape index (κ3) is 2.25. The molecule has 1 N–H and O–H groups in total. The van der Waals surface area contributed by atoms with E-state index in [2.05, 4.69) is 18.8 Å². The maximum atomic E-state index is 11.0. The van der Waals surface area contributed by atoms with E-state index in [1.54, 1.807) is 0 Å². The van der Waals surface area contributed by atoms with Crippen molar-refractivity contribution in [3.63, 3.8) is 0 Å². The van der Waals surface area contributed by atoms with Crippen LogP contribution in [0.3, 0.4) is 0 Å². The summed E-state index contributed by atoms with van der Waals surface area (Å²) in [5.74, 6) is -1.04. The highest BCUT2D eigenvalue weighted by Crippen LogP contribution is 2.34. The molecule has 3 aromatic rings. The van der Waals surface area contributed by atoms with Gasteiger partial charge in [0, 0.05) is 6.42 Å². The molecule has 0 bridgehead atoms. The lowest BCUT2D eigenvalue weighted by Crippen LogP contribution is -2.05. The summed E-state index contributed by atoms with van der Waals surface area (Å²) in [5, 5.41) is 13.7. The molecule has 0 spiro atoms. The third-order valence-electron chi connectivity index (χ3n) is 2.81. The zero-order valence-corrected chi connectivity index (χ0v) is 12.9. The van der Waals surface area contributed by atoms with Gasteiger partial charge in [0.15, 0.2) is 0 Å². The number of carbonyl (C=O) groups is 1. The lowest BCUT2D eigenvalue weighted by atomic mass is 10.2. The summed E-state index contributed by atoms with van der Waals surface area (Å²) in [6.07, 6.45) is 0.484. The van der Waals surface area contributed by atoms with Crippen LogP contribution in [-0.2, 0) is 6.42 Å². The number of aromatic carboxylic acids is 1. The number of hydrogen-bond acceptors (Lipinski definition) is 6. The largest absolute Gasteiger partial charge is 0.475 e. The Morgan fingerprint density at radius 3 is 2.71 bits per heavy atom. The van der Waals surface area contributed by atoms with Crippen LogP contribution < -0.4 is 0 Å². The molecular formula is C11H7Cl2N5O2S. The number of hydrogen-bond donors (Lipinski definition) is 1. The Morgan fingerprint density at radius 2 is 2.05 bits per heavy atom. The van der Waals surface area contributed by atoms with Crippen LogP contribution in [0.4, 0.5) is 0 Å². The molecule has 0 atom stereocenters. The van der Waals surface area contributed by atoms with E-state index in [4.69, 9.17) is 28.3 Å². The van der Waals surface area contributed by atoms with E-state index in [-0.39, 0.29) is 5.82 Å². The summed E-state index contributed by atoms with van der Waals surface area (Å²) < 4.78 is 9.66. The number of rotatable bonds is 3. The van der Waals surface area contributed by atoms with Crippen LogP contribution in [0.2, 0.25) is 10.0 Å². The van der Waals surface area contributed by atoms with E-state index in [1.165, 1.54) is 10.7 Å². The highest BCUT2D eigenvalue weighted by molar-refractivity contribution is 7.00. The molecule has 2 heterocycles. The third-order valence-corrected chi connectivity index (χ3v) is 3.92. The smallest absolute Gasteiger partial charge is 0.375 e. The highest BCUT2D eigenvalue weighted by atomic mass is 35.5. The van der Waals surface area contributed by atoms with Gasteiger partial charge in [-0.1, -0.05) is 30.1 Å². The second-order valence-corrected chi connectivity index (χ2v) is 5.42. The monoisotopic (exact) mass is 343 g/mol. The summed E-state index contributed by atoms with van der Waals surface area (Å²) in [6, 6.07) is 1.53. The second-order valence-electron chi connectivity index (χ2n) is 4.07. The van der Waals surface area contributed by atoms with Crippen LogP contribution in [0, 0.1) is 0 Å². The van der Waals surface area contributed by atoms with E-state index in [0.717, 1.165) is 11.7 Å². The molecule has 0 amide bonds. The molecule has 0 saturated heterocycles. The number of nitrogens with zero attached hydrogens (tertiary/aromatic N) is 5. The fraction of sp³-hybridized carbons (Fsp3) is 0.182. The number of aryl methyl sites for hydroxylation is 1. The molecule has 3 rings (SSSR count). The van der Waals surface area contributed by atoms with Crippen LogP contribution in [0.1, 0.15) is 23.4 Å². The summed E-state index contributed by atoms with van der Waals surface area (Å²) in [5.41, 5.74) is 1.39. The quantitative estimate of drug-likeness (QED) is 0.785. The number of carboxylic acids is 1. The van der Waals surface area contributed by atoms with Crippen LogP contribution >= 0.6 is 34.9 Å². The van der Waals surface area contributed by atoms with Crippen molar-refractivity contribution < 1.29 is 9.90 Å². The second kappa shape index (κ2) is 5.21. The van der Waals surface area contributed by atoms with E-state index < -0.39 is 5.97 Å². The molecule has 0 aliphatic heterocycles. The molecule has 1 aromatic carbocycles. The maximum absolute atomic E-state index is 11.0. The van der Waals surface area contributed by atoms with Crippen molar-refractivity contribution in [2.24, 2.45) is 0 Å². The van der Waals surface area contributed by atoms with Gasteiger partial charge in [-0.05, 0) is 6.07 Å². The van der Waals surface area contributed by atoms with Gasteiger partial charge in [-0.15, -0.1) is 5.10 Å². The SMILES string of the molecule is CCc1nc(C(=O)O)nn1-c1c(Cl)cc(Cl)c2nsnc12. The zero-order chi connectivity index (χ0) is 15.1. The minimum absolute atomic E-state index is 0.297. The van der Waals surface area contributed by atoms with Crippen LogP contribution in [0.15, 0.2) is 6.07 Å². The molecule has 21 heavy (non-hydrogen) atoms. The molecule has 0 radical (unpaired) electrons. The number of benzene rings is 1. The summed E-state index contributed by atoms with van der Waals surface area (Å²) in [6.45, 7) is 1.84. The van der Waals surface area contributed by atoms with E-state index >= 15 is 0 Å². The van der Waals surface area contributed by atoms with Crippen molar-refractivity contribution in [2.75, 3.05) is 0 Å². The molecule has 0 fully saturated rings. The Labute approximate surface area is 132 Å².